The molecule has 0 fully saturated rings. The highest BCUT2D eigenvalue weighted by Crippen LogP contribution is 2.29. The summed E-state index contributed by atoms with van der Waals surface area (Å²) in [6.07, 6.45) is 0. The molecule has 0 spiro atoms. The lowest BCUT2D eigenvalue weighted by molar-refractivity contribution is 0.409. The first kappa shape index (κ1) is 22.5. The monoisotopic (exact) mass is 462 g/mol. The van der Waals surface area contributed by atoms with Crippen LogP contribution in [-0.2, 0) is 0 Å². The van der Waals surface area contributed by atoms with Gasteiger partial charge < -0.3 is 19.3 Å². The highest BCUT2D eigenvalue weighted by atomic mass is 19.1. The molecule has 6 nitrogen and oxygen atoms in total. The van der Waals surface area contributed by atoms with Gasteiger partial charge in [0, 0.05) is 6.07 Å². The highest BCUT2D eigenvalue weighted by molar-refractivity contribution is 5.44. The van der Waals surface area contributed by atoms with E-state index in [-0.39, 0.29) is 23.0 Å². The zero-order valence-electron chi connectivity index (χ0n) is 17.4. The van der Waals surface area contributed by atoms with Crippen LogP contribution in [0, 0.1) is 11.6 Å². The Morgan fingerprint density at radius 3 is 1.56 bits per heavy atom. The average Bonchev–Trinajstić information content (AvgIpc) is 3.07. The first-order valence-electron chi connectivity index (χ1n) is 9.94. The molecule has 0 saturated heterocycles. The van der Waals surface area contributed by atoms with Crippen molar-refractivity contribution in [2.75, 3.05) is 0 Å². The zero-order chi connectivity index (χ0) is 24.1. The molecule has 34 heavy (non-hydrogen) atoms. The van der Waals surface area contributed by atoms with Crippen molar-refractivity contribution in [1.82, 2.24) is 0 Å². The Hall–Kier alpha value is -4.72. The smallest absolute Gasteiger partial charge is 0.227 e. The number of hydrogen-bond acceptors (Lipinski definition) is 6. The lowest BCUT2D eigenvalue weighted by Crippen LogP contribution is -2.01. The molecule has 0 aromatic heterocycles. The van der Waals surface area contributed by atoms with Crippen molar-refractivity contribution in [3.05, 3.63) is 123 Å². The Kier molecular flexibility index (Phi) is 6.49. The van der Waals surface area contributed by atoms with Crippen molar-refractivity contribution in [1.29, 1.82) is 0 Å². The molecule has 4 aromatic carbocycles. The predicted octanol–water partition coefficient (Wildman–Crippen LogP) is 5.77. The van der Waals surface area contributed by atoms with Crippen molar-refractivity contribution in [3.8, 4) is 40.2 Å². The first-order chi connectivity index (χ1) is 16.4. The van der Waals surface area contributed by atoms with Gasteiger partial charge in [0.1, 0.15) is 34.6 Å². The van der Waals surface area contributed by atoms with Gasteiger partial charge >= 0.3 is 0 Å². The fourth-order valence-corrected chi connectivity index (χ4v) is 2.83. The summed E-state index contributed by atoms with van der Waals surface area (Å²) in [5.74, 6) is -1.00. The first-order valence-corrected chi connectivity index (χ1v) is 9.94. The standard InChI is InChI=1S/C26H16F2O6/c27-16-1-5-18(6-2-16)32-19-9-12-22(29)24(13-10-19)34-21-11-14-25(26(31)23(30)15-21)33-20-7-3-17(28)4-8-20/h1-15H,(H,30,31). The van der Waals surface area contributed by atoms with E-state index in [2.05, 4.69) is 0 Å². The topological polar surface area (TPSA) is 82.1 Å². The molecule has 0 radical (unpaired) electrons. The molecule has 1 N–H and O–H groups in total. The van der Waals surface area contributed by atoms with Crippen molar-refractivity contribution >= 4 is 0 Å². The van der Waals surface area contributed by atoms with Gasteiger partial charge in [-0.2, -0.15) is 0 Å². The second-order valence-corrected chi connectivity index (χ2v) is 6.97. The second kappa shape index (κ2) is 9.83. The Balaban J connectivity index is 1.58. The molecular formula is C26H16F2O6. The molecule has 0 atom stereocenters. The van der Waals surface area contributed by atoms with Crippen LogP contribution in [0.5, 0.6) is 40.2 Å². The number of rotatable bonds is 6. The number of ether oxygens (including phenoxy) is 3. The fourth-order valence-electron chi connectivity index (χ4n) is 2.83. The van der Waals surface area contributed by atoms with Crippen molar-refractivity contribution < 1.29 is 28.1 Å². The van der Waals surface area contributed by atoms with Crippen LogP contribution in [0.4, 0.5) is 8.78 Å². The van der Waals surface area contributed by atoms with E-state index in [0.29, 0.717) is 11.5 Å². The van der Waals surface area contributed by atoms with Gasteiger partial charge in [-0.05, 0) is 84.9 Å². The summed E-state index contributed by atoms with van der Waals surface area (Å²) >= 11 is 0. The average molecular weight is 462 g/mol. The van der Waals surface area contributed by atoms with Gasteiger partial charge in [-0.3, -0.25) is 9.59 Å². The van der Waals surface area contributed by atoms with Crippen LogP contribution in [0.3, 0.4) is 0 Å². The zero-order valence-corrected chi connectivity index (χ0v) is 17.4. The number of halogens is 2. The molecule has 0 aliphatic heterocycles. The van der Waals surface area contributed by atoms with Crippen LogP contribution in [0.1, 0.15) is 0 Å². The third-order valence-electron chi connectivity index (χ3n) is 4.50. The summed E-state index contributed by atoms with van der Waals surface area (Å²) in [5.41, 5.74) is -1.31. The molecule has 170 valence electrons. The van der Waals surface area contributed by atoms with Crippen LogP contribution in [0.25, 0.3) is 0 Å². The van der Waals surface area contributed by atoms with Gasteiger partial charge in [-0.25, -0.2) is 8.78 Å². The lowest BCUT2D eigenvalue weighted by Gasteiger charge is -2.04. The van der Waals surface area contributed by atoms with E-state index >= 15 is 0 Å². The molecule has 0 heterocycles. The summed E-state index contributed by atoms with van der Waals surface area (Å²) in [6.45, 7) is 0. The number of hydrogen-bond donors (Lipinski definition) is 1. The van der Waals surface area contributed by atoms with E-state index in [1.54, 1.807) is 0 Å². The quantitative estimate of drug-likeness (QED) is 0.392. The van der Waals surface area contributed by atoms with E-state index in [0.717, 1.165) is 6.07 Å². The van der Waals surface area contributed by atoms with Crippen LogP contribution >= 0.6 is 0 Å². The fraction of sp³-hybridized carbons (Fsp3) is 0. The maximum Gasteiger partial charge on any atom is 0.227 e. The molecule has 0 unspecified atom stereocenters. The van der Waals surface area contributed by atoms with Crippen LogP contribution in [0.2, 0.25) is 0 Å². The summed E-state index contributed by atoms with van der Waals surface area (Å²) in [6, 6.07) is 19.5. The molecule has 4 aromatic rings. The minimum Gasteiger partial charge on any atom is -0.502 e. The van der Waals surface area contributed by atoms with Gasteiger partial charge in [-0.1, -0.05) is 0 Å². The van der Waals surface area contributed by atoms with Crippen molar-refractivity contribution in [2.24, 2.45) is 0 Å². The predicted molar refractivity (Wildman–Crippen MR) is 120 cm³/mol. The third kappa shape index (κ3) is 5.55. The highest BCUT2D eigenvalue weighted by Gasteiger charge is 2.10. The second-order valence-electron chi connectivity index (χ2n) is 6.97. The molecule has 0 saturated carbocycles. The maximum atomic E-state index is 13.1. The molecule has 4 rings (SSSR count). The van der Waals surface area contributed by atoms with Crippen LogP contribution in [-0.4, -0.2) is 5.11 Å². The van der Waals surface area contributed by atoms with Gasteiger partial charge in [-0.15, -0.1) is 0 Å². The largest absolute Gasteiger partial charge is 0.502 e. The Morgan fingerprint density at radius 1 is 0.500 bits per heavy atom. The molecule has 0 aliphatic rings. The van der Waals surface area contributed by atoms with Crippen LogP contribution in [0.15, 0.2) is 101 Å². The van der Waals surface area contributed by atoms with E-state index < -0.39 is 28.2 Å². The van der Waals surface area contributed by atoms with E-state index in [4.69, 9.17) is 14.2 Å². The van der Waals surface area contributed by atoms with E-state index in [1.807, 2.05) is 0 Å². The van der Waals surface area contributed by atoms with E-state index in [9.17, 15) is 23.5 Å². The van der Waals surface area contributed by atoms with Gasteiger partial charge in [0.15, 0.2) is 11.5 Å². The number of aromatic hydroxyl groups is 1. The summed E-state index contributed by atoms with van der Waals surface area (Å²) in [7, 11) is 0. The molecular weight excluding hydrogens is 446 g/mol. The minimum absolute atomic E-state index is 0.0291. The normalized spacial score (nSPS) is 10.4. The summed E-state index contributed by atoms with van der Waals surface area (Å²) < 4.78 is 42.8. The molecule has 0 amide bonds. The maximum absolute atomic E-state index is 13.1. The Labute approximate surface area is 191 Å². The Morgan fingerprint density at radius 2 is 0.941 bits per heavy atom. The van der Waals surface area contributed by atoms with E-state index in [1.165, 1.54) is 84.9 Å². The molecule has 0 aliphatic carbocycles. The van der Waals surface area contributed by atoms with Crippen molar-refractivity contribution in [3.63, 3.8) is 0 Å². The molecule has 0 bridgehead atoms. The SMILES string of the molecule is O=c1ccc(Oc2ccc(F)cc2)ccc1Oc1ccc(Oc2ccc(F)cc2)c(O)c(=O)c1. The molecule has 8 heteroatoms. The number of benzene rings is 2. The van der Waals surface area contributed by atoms with Gasteiger partial charge in [0.25, 0.3) is 0 Å². The van der Waals surface area contributed by atoms with Gasteiger partial charge in [0.2, 0.25) is 16.6 Å². The third-order valence-corrected chi connectivity index (χ3v) is 4.50. The summed E-state index contributed by atoms with van der Waals surface area (Å²) in [5, 5.41) is 10.2. The lowest BCUT2D eigenvalue weighted by atomic mass is 10.3. The van der Waals surface area contributed by atoms with Gasteiger partial charge in [0.05, 0.1) is 0 Å². The van der Waals surface area contributed by atoms with Crippen LogP contribution < -0.4 is 25.1 Å². The summed E-state index contributed by atoms with van der Waals surface area (Å²) in [4.78, 5) is 24.8. The van der Waals surface area contributed by atoms with Crippen molar-refractivity contribution in [2.45, 2.75) is 0 Å². The minimum atomic E-state index is -0.815. The Bertz CT molecular complexity index is 1440.